The molecule has 18 heavy (non-hydrogen) atoms. The van der Waals surface area contributed by atoms with Gasteiger partial charge in [-0.3, -0.25) is 4.79 Å². The van der Waals surface area contributed by atoms with Crippen LogP contribution in [0.15, 0.2) is 23.0 Å². The molecule has 2 rings (SSSR count). The van der Waals surface area contributed by atoms with Crippen molar-refractivity contribution in [2.75, 3.05) is 0 Å². The number of hydrogen-bond donors (Lipinski definition) is 1. The van der Waals surface area contributed by atoms with Gasteiger partial charge >= 0.3 is 0 Å². The zero-order valence-corrected chi connectivity index (χ0v) is 11.4. The SMILES string of the molecule is CCc1nc(-c2ccc(C)c(Cl)c2)[nH]c(=O)c1C. The van der Waals surface area contributed by atoms with Gasteiger partial charge in [-0.05, 0) is 31.9 Å². The number of halogens is 1. The van der Waals surface area contributed by atoms with Crippen LogP contribution in [0, 0.1) is 13.8 Å². The minimum atomic E-state index is -0.0893. The molecule has 1 N–H and O–H groups in total. The van der Waals surface area contributed by atoms with Crippen LogP contribution in [0.4, 0.5) is 0 Å². The first-order valence-corrected chi connectivity index (χ1v) is 6.27. The summed E-state index contributed by atoms with van der Waals surface area (Å²) in [6.07, 6.45) is 0.738. The Hall–Kier alpha value is -1.61. The van der Waals surface area contributed by atoms with Gasteiger partial charge in [0.15, 0.2) is 0 Å². The van der Waals surface area contributed by atoms with E-state index in [1.54, 1.807) is 6.92 Å². The summed E-state index contributed by atoms with van der Waals surface area (Å²) >= 11 is 6.09. The first-order valence-electron chi connectivity index (χ1n) is 5.89. The minimum Gasteiger partial charge on any atom is -0.306 e. The Balaban J connectivity index is 2.60. The summed E-state index contributed by atoms with van der Waals surface area (Å²) in [5.74, 6) is 0.573. The molecule has 0 saturated carbocycles. The first-order chi connectivity index (χ1) is 8.52. The van der Waals surface area contributed by atoms with Crippen molar-refractivity contribution in [3.05, 3.63) is 50.4 Å². The van der Waals surface area contributed by atoms with Crippen molar-refractivity contribution in [3.63, 3.8) is 0 Å². The standard InChI is InChI=1S/C14H15ClN2O/c1-4-12-9(3)14(18)17-13(16-12)10-6-5-8(2)11(15)7-10/h5-7H,4H2,1-3H3,(H,16,17,18). The number of hydrogen-bond acceptors (Lipinski definition) is 2. The van der Waals surface area contributed by atoms with Gasteiger partial charge in [-0.25, -0.2) is 4.98 Å². The summed E-state index contributed by atoms with van der Waals surface area (Å²) in [5.41, 5.74) is 3.25. The average Bonchev–Trinajstić information content (AvgIpc) is 2.36. The summed E-state index contributed by atoms with van der Waals surface area (Å²) in [5, 5.41) is 0.675. The number of H-pyrrole nitrogens is 1. The number of aromatic amines is 1. The Morgan fingerprint density at radius 2 is 2.06 bits per heavy atom. The Kier molecular flexibility index (Phi) is 3.53. The van der Waals surface area contributed by atoms with E-state index in [4.69, 9.17) is 11.6 Å². The molecule has 0 atom stereocenters. The van der Waals surface area contributed by atoms with E-state index in [1.165, 1.54) is 0 Å². The van der Waals surface area contributed by atoms with Crippen LogP contribution in [-0.2, 0) is 6.42 Å². The van der Waals surface area contributed by atoms with Gasteiger partial charge in [0.25, 0.3) is 5.56 Å². The number of nitrogens with zero attached hydrogens (tertiary/aromatic N) is 1. The quantitative estimate of drug-likeness (QED) is 0.903. The van der Waals surface area contributed by atoms with Gasteiger partial charge in [0.2, 0.25) is 0 Å². The van der Waals surface area contributed by atoms with Crippen molar-refractivity contribution >= 4 is 11.6 Å². The number of aromatic nitrogens is 2. The van der Waals surface area contributed by atoms with E-state index in [0.29, 0.717) is 16.4 Å². The van der Waals surface area contributed by atoms with Crippen molar-refractivity contribution < 1.29 is 0 Å². The fourth-order valence-corrected chi connectivity index (χ4v) is 1.98. The third-order valence-corrected chi connectivity index (χ3v) is 3.44. The summed E-state index contributed by atoms with van der Waals surface area (Å²) in [6.45, 7) is 5.71. The zero-order chi connectivity index (χ0) is 13.3. The van der Waals surface area contributed by atoms with Gasteiger partial charge in [0, 0.05) is 16.1 Å². The highest BCUT2D eigenvalue weighted by Gasteiger charge is 2.08. The molecule has 94 valence electrons. The van der Waals surface area contributed by atoms with E-state index in [1.807, 2.05) is 32.0 Å². The van der Waals surface area contributed by atoms with Gasteiger partial charge in [0.05, 0.1) is 5.69 Å². The van der Waals surface area contributed by atoms with E-state index in [2.05, 4.69) is 9.97 Å². The lowest BCUT2D eigenvalue weighted by atomic mass is 10.1. The van der Waals surface area contributed by atoms with E-state index in [9.17, 15) is 4.79 Å². The van der Waals surface area contributed by atoms with Gasteiger partial charge in [0.1, 0.15) is 5.82 Å². The van der Waals surface area contributed by atoms with Gasteiger partial charge in [-0.2, -0.15) is 0 Å². The maximum Gasteiger partial charge on any atom is 0.254 e. The molecule has 0 spiro atoms. The van der Waals surface area contributed by atoms with Crippen molar-refractivity contribution in [1.29, 1.82) is 0 Å². The average molecular weight is 263 g/mol. The molecular formula is C14H15ClN2O. The van der Waals surface area contributed by atoms with Crippen LogP contribution in [0.3, 0.4) is 0 Å². The lowest BCUT2D eigenvalue weighted by Crippen LogP contribution is -2.15. The maximum absolute atomic E-state index is 11.8. The summed E-state index contributed by atoms with van der Waals surface area (Å²) in [7, 11) is 0. The molecule has 0 unspecified atom stereocenters. The van der Waals surface area contributed by atoms with Crippen LogP contribution in [0.25, 0.3) is 11.4 Å². The molecule has 0 amide bonds. The van der Waals surface area contributed by atoms with Crippen molar-refractivity contribution in [1.82, 2.24) is 9.97 Å². The van der Waals surface area contributed by atoms with E-state index in [-0.39, 0.29) is 5.56 Å². The minimum absolute atomic E-state index is 0.0893. The third kappa shape index (κ3) is 2.31. The molecule has 0 radical (unpaired) electrons. The molecule has 0 fully saturated rings. The summed E-state index contributed by atoms with van der Waals surface area (Å²) < 4.78 is 0. The molecule has 3 nitrogen and oxygen atoms in total. The molecule has 1 aromatic carbocycles. The molecule has 1 aromatic heterocycles. The van der Waals surface area contributed by atoms with Crippen LogP contribution in [0.2, 0.25) is 5.02 Å². The van der Waals surface area contributed by atoms with Gasteiger partial charge in [-0.15, -0.1) is 0 Å². The van der Waals surface area contributed by atoms with Crippen LogP contribution >= 0.6 is 11.6 Å². The zero-order valence-electron chi connectivity index (χ0n) is 10.7. The van der Waals surface area contributed by atoms with Crippen LogP contribution in [0.1, 0.15) is 23.7 Å². The highest BCUT2D eigenvalue weighted by atomic mass is 35.5. The molecule has 0 saturated heterocycles. The van der Waals surface area contributed by atoms with Crippen LogP contribution < -0.4 is 5.56 Å². The summed E-state index contributed by atoms with van der Waals surface area (Å²) in [4.78, 5) is 19.1. The molecule has 0 aliphatic heterocycles. The van der Waals surface area contributed by atoms with E-state index >= 15 is 0 Å². The first kappa shape index (κ1) is 12.8. The normalized spacial score (nSPS) is 10.7. The second-order valence-electron chi connectivity index (χ2n) is 4.30. The third-order valence-electron chi connectivity index (χ3n) is 3.03. The highest BCUT2D eigenvalue weighted by molar-refractivity contribution is 6.31. The number of rotatable bonds is 2. The lowest BCUT2D eigenvalue weighted by Gasteiger charge is -2.07. The molecule has 0 aliphatic carbocycles. The fourth-order valence-electron chi connectivity index (χ4n) is 1.80. The molecule has 0 aliphatic rings. The van der Waals surface area contributed by atoms with Gasteiger partial charge in [-0.1, -0.05) is 30.7 Å². The second-order valence-corrected chi connectivity index (χ2v) is 4.71. The van der Waals surface area contributed by atoms with Crippen LogP contribution in [-0.4, -0.2) is 9.97 Å². The second kappa shape index (κ2) is 4.94. The Morgan fingerprint density at radius 1 is 1.33 bits per heavy atom. The Labute approximate surface area is 111 Å². The predicted octanol–water partition coefficient (Wildman–Crippen LogP) is 3.27. The number of nitrogens with one attached hydrogen (secondary N) is 1. The molecule has 1 heterocycles. The lowest BCUT2D eigenvalue weighted by molar-refractivity contribution is 0.955. The molecular weight excluding hydrogens is 248 g/mol. The van der Waals surface area contributed by atoms with Crippen LogP contribution in [0.5, 0.6) is 0 Å². The fraction of sp³-hybridized carbons (Fsp3) is 0.286. The predicted molar refractivity (Wildman–Crippen MR) is 74.2 cm³/mol. The summed E-state index contributed by atoms with van der Waals surface area (Å²) in [6, 6.07) is 5.65. The van der Waals surface area contributed by atoms with E-state index in [0.717, 1.165) is 23.2 Å². The highest BCUT2D eigenvalue weighted by Crippen LogP contribution is 2.22. The van der Waals surface area contributed by atoms with Crippen molar-refractivity contribution in [2.45, 2.75) is 27.2 Å². The number of benzene rings is 1. The smallest absolute Gasteiger partial charge is 0.254 e. The van der Waals surface area contributed by atoms with E-state index < -0.39 is 0 Å². The molecule has 4 heteroatoms. The van der Waals surface area contributed by atoms with Crippen molar-refractivity contribution in [2.24, 2.45) is 0 Å². The monoisotopic (exact) mass is 262 g/mol. The molecule has 0 bridgehead atoms. The largest absolute Gasteiger partial charge is 0.306 e. The topological polar surface area (TPSA) is 45.8 Å². The van der Waals surface area contributed by atoms with Crippen molar-refractivity contribution in [3.8, 4) is 11.4 Å². The Morgan fingerprint density at radius 3 is 2.67 bits per heavy atom. The maximum atomic E-state index is 11.8. The number of aryl methyl sites for hydroxylation is 2. The van der Waals surface area contributed by atoms with Gasteiger partial charge < -0.3 is 4.98 Å². The Bertz CT molecular complexity index is 647. The molecule has 2 aromatic rings.